The Morgan fingerprint density at radius 2 is 1.86 bits per heavy atom. The lowest BCUT2D eigenvalue weighted by atomic mass is 10.2. The van der Waals surface area contributed by atoms with Gasteiger partial charge in [-0.15, -0.1) is 0 Å². The number of rotatable bonds is 8. The number of thioether (sulfide) groups is 1. The number of fused-ring (bicyclic) bond motifs is 1. The van der Waals surface area contributed by atoms with Crippen LogP contribution in [0.15, 0.2) is 70.6 Å². The lowest BCUT2D eigenvalue weighted by molar-refractivity contribution is -0.387. The molecule has 0 fully saturated rings. The predicted octanol–water partition coefficient (Wildman–Crippen LogP) is 4.18. The van der Waals surface area contributed by atoms with Crippen molar-refractivity contribution >= 4 is 39.9 Å². The molecule has 0 unspecified atom stereocenters. The quantitative estimate of drug-likeness (QED) is 0.162. The van der Waals surface area contributed by atoms with Crippen LogP contribution in [-0.2, 0) is 4.79 Å². The number of hydrogen-bond acceptors (Lipinski definition) is 8. The molecular formula is C24H19FN4O6S. The van der Waals surface area contributed by atoms with Crippen LogP contribution >= 0.6 is 11.8 Å². The molecule has 0 aliphatic heterocycles. The third-order valence-electron chi connectivity index (χ3n) is 5.13. The number of ether oxygens (including phenoxy) is 2. The van der Waals surface area contributed by atoms with E-state index in [2.05, 4.69) is 10.3 Å². The number of nitrogens with zero attached hydrogens (tertiary/aromatic N) is 3. The molecule has 0 spiro atoms. The molecule has 12 heteroatoms. The number of nitro benzene ring substituents is 1. The molecule has 184 valence electrons. The van der Waals surface area contributed by atoms with Crippen LogP contribution in [-0.4, -0.2) is 40.4 Å². The molecule has 4 aromatic rings. The van der Waals surface area contributed by atoms with E-state index in [1.807, 2.05) is 0 Å². The molecule has 0 saturated heterocycles. The topological polar surface area (TPSA) is 126 Å². The van der Waals surface area contributed by atoms with Crippen molar-refractivity contribution in [1.29, 1.82) is 0 Å². The lowest BCUT2D eigenvalue weighted by Gasteiger charge is -2.15. The Kier molecular flexibility index (Phi) is 7.15. The van der Waals surface area contributed by atoms with Crippen LogP contribution in [0.2, 0.25) is 0 Å². The van der Waals surface area contributed by atoms with E-state index in [0.717, 1.165) is 23.9 Å². The maximum Gasteiger partial charge on any atom is 0.306 e. The summed E-state index contributed by atoms with van der Waals surface area (Å²) in [5.74, 6) is -0.830. The minimum atomic E-state index is -1.01. The number of para-hydroxylation sites is 1. The van der Waals surface area contributed by atoms with E-state index in [-0.39, 0.29) is 22.2 Å². The molecular weight excluding hydrogens is 491 g/mol. The maximum atomic E-state index is 13.6. The number of anilines is 1. The summed E-state index contributed by atoms with van der Waals surface area (Å²) in [6.07, 6.45) is 0. The molecule has 1 aromatic heterocycles. The van der Waals surface area contributed by atoms with Crippen LogP contribution in [0.4, 0.5) is 15.8 Å². The molecule has 3 aromatic carbocycles. The Hall–Kier alpha value is -4.45. The number of aromatic nitrogens is 2. The number of nitro groups is 1. The number of amides is 1. The van der Waals surface area contributed by atoms with Gasteiger partial charge in [-0.05, 0) is 36.4 Å². The molecule has 0 saturated carbocycles. The number of benzene rings is 3. The Labute approximate surface area is 207 Å². The highest BCUT2D eigenvalue weighted by Crippen LogP contribution is 2.31. The molecule has 0 bridgehead atoms. The van der Waals surface area contributed by atoms with Gasteiger partial charge in [-0.1, -0.05) is 23.9 Å². The van der Waals surface area contributed by atoms with Gasteiger partial charge in [0.1, 0.15) is 0 Å². The highest BCUT2D eigenvalue weighted by atomic mass is 32.2. The van der Waals surface area contributed by atoms with Gasteiger partial charge in [0.05, 0.1) is 41.5 Å². The van der Waals surface area contributed by atoms with Crippen molar-refractivity contribution in [3.8, 4) is 17.2 Å². The molecule has 36 heavy (non-hydrogen) atoms. The van der Waals surface area contributed by atoms with Crippen LogP contribution in [0, 0.1) is 15.9 Å². The third-order valence-corrected chi connectivity index (χ3v) is 6.07. The van der Waals surface area contributed by atoms with Gasteiger partial charge in [0, 0.05) is 17.8 Å². The average Bonchev–Trinajstić information content (AvgIpc) is 2.88. The van der Waals surface area contributed by atoms with E-state index in [0.29, 0.717) is 28.1 Å². The summed E-state index contributed by atoms with van der Waals surface area (Å²) in [5.41, 5.74) is -0.120. The van der Waals surface area contributed by atoms with Crippen molar-refractivity contribution in [2.45, 2.75) is 5.16 Å². The highest BCUT2D eigenvalue weighted by Gasteiger charge is 2.18. The van der Waals surface area contributed by atoms with Gasteiger partial charge in [-0.25, -0.2) is 4.98 Å². The highest BCUT2D eigenvalue weighted by molar-refractivity contribution is 7.99. The van der Waals surface area contributed by atoms with E-state index >= 15 is 0 Å². The average molecular weight is 511 g/mol. The summed E-state index contributed by atoms with van der Waals surface area (Å²) in [7, 11) is 2.97. The number of nitrogens with one attached hydrogen (secondary N) is 1. The van der Waals surface area contributed by atoms with E-state index in [1.165, 1.54) is 24.9 Å². The first kappa shape index (κ1) is 24.7. The van der Waals surface area contributed by atoms with Gasteiger partial charge >= 0.3 is 5.69 Å². The Bertz CT molecular complexity index is 1540. The number of carbonyl (C=O) groups is 1. The monoisotopic (exact) mass is 510 g/mol. The molecule has 0 aliphatic carbocycles. The van der Waals surface area contributed by atoms with Crippen molar-refractivity contribution in [3.05, 3.63) is 86.9 Å². The second-order valence-corrected chi connectivity index (χ2v) is 8.29. The summed E-state index contributed by atoms with van der Waals surface area (Å²) in [4.78, 5) is 40.7. The van der Waals surface area contributed by atoms with Gasteiger partial charge in [0.2, 0.25) is 11.7 Å². The van der Waals surface area contributed by atoms with Crippen LogP contribution in [0.1, 0.15) is 0 Å². The second-order valence-electron chi connectivity index (χ2n) is 7.35. The number of carbonyl (C=O) groups excluding carboxylic acids is 1. The maximum absolute atomic E-state index is 13.6. The van der Waals surface area contributed by atoms with Gasteiger partial charge < -0.3 is 14.8 Å². The normalized spacial score (nSPS) is 10.8. The minimum absolute atomic E-state index is 0.0671. The summed E-state index contributed by atoms with van der Waals surface area (Å²) < 4.78 is 25.6. The third kappa shape index (κ3) is 4.98. The summed E-state index contributed by atoms with van der Waals surface area (Å²) >= 11 is 0.995. The second kappa shape index (κ2) is 10.4. The molecule has 1 N–H and O–H groups in total. The molecule has 0 radical (unpaired) electrons. The Balaban J connectivity index is 1.67. The largest absolute Gasteiger partial charge is 0.493 e. The molecule has 1 amide bonds. The SMILES string of the molecule is COc1ccc(-n2c(SCC(=O)Nc3ccc(F)c([N+](=O)[O-])c3)nc3ccccc3c2=O)cc1OC. The fraction of sp³-hybridized carbons (Fsp3) is 0.125. The first-order chi connectivity index (χ1) is 17.3. The molecule has 0 aliphatic rings. The molecule has 4 rings (SSSR count). The van der Waals surface area contributed by atoms with Crippen LogP contribution in [0.3, 0.4) is 0 Å². The van der Waals surface area contributed by atoms with Gasteiger partial charge in [0.25, 0.3) is 5.56 Å². The van der Waals surface area contributed by atoms with E-state index in [1.54, 1.807) is 42.5 Å². The van der Waals surface area contributed by atoms with Crippen molar-refractivity contribution in [2.24, 2.45) is 0 Å². The smallest absolute Gasteiger partial charge is 0.306 e. The lowest BCUT2D eigenvalue weighted by Crippen LogP contribution is -2.23. The van der Waals surface area contributed by atoms with Crippen molar-refractivity contribution in [1.82, 2.24) is 9.55 Å². The van der Waals surface area contributed by atoms with Crippen LogP contribution in [0.25, 0.3) is 16.6 Å². The number of halogens is 1. The van der Waals surface area contributed by atoms with Gasteiger partial charge in [-0.2, -0.15) is 4.39 Å². The Morgan fingerprint density at radius 3 is 2.58 bits per heavy atom. The summed E-state index contributed by atoms with van der Waals surface area (Å²) in [5, 5.41) is 14.1. The van der Waals surface area contributed by atoms with Crippen molar-refractivity contribution in [3.63, 3.8) is 0 Å². The van der Waals surface area contributed by atoms with E-state index < -0.39 is 22.3 Å². The van der Waals surface area contributed by atoms with Crippen LogP contribution < -0.4 is 20.3 Å². The molecule has 10 nitrogen and oxygen atoms in total. The predicted molar refractivity (Wildman–Crippen MR) is 133 cm³/mol. The summed E-state index contributed by atoms with van der Waals surface area (Å²) in [6, 6.07) is 14.8. The molecule has 0 atom stereocenters. The zero-order valence-electron chi connectivity index (χ0n) is 19.1. The fourth-order valence-electron chi connectivity index (χ4n) is 3.46. The number of hydrogen-bond donors (Lipinski definition) is 1. The molecule has 1 heterocycles. The fourth-order valence-corrected chi connectivity index (χ4v) is 4.27. The zero-order valence-corrected chi connectivity index (χ0v) is 19.9. The standard InChI is InChI=1S/C24H19FN4O6S/c1-34-20-10-8-15(12-21(20)35-2)28-23(31)16-5-3-4-6-18(16)27-24(28)36-13-22(30)26-14-7-9-17(25)19(11-14)29(32)33/h3-12H,13H2,1-2H3,(H,26,30). The summed E-state index contributed by atoms with van der Waals surface area (Å²) in [6.45, 7) is 0. The van der Waals surface area contributed by atoms with Crippen LogP contribution in [0.5, 0.6) is 11.5 Å². The zero-order chi connectivity index (χ0) is 25.8. The van der Waals surface area contributed by atoms with E-state index in [4.69, 9.17) is 9.47 Å². The first-order valence-corrected chi connectivity index (χ1v) is 11.4. The van der Waals surface area contributed by atoms with Gasteiger partial charge in [0.15, 0.2) is 16.7 Å². The Morgan fingerprint density at radius 1 is 1.11 bits per heavy atom. The van der Waals surface area contributed by atoms with E-state index in [9.17, 15) is 24.1 Å². The van der Waals surface area contributed by atoms with Crippen molar-refractivity contribution < 1.29 is 23.6 Å². The van der Waals surface area contributed by atoms with Crippen molar-refractivity contribution in [2.75, 3.05) is 25.3 Å². The number of methoxy groups -OCH3 is 2. The van der Waals surface area contributed by atoms with Gasteiger partial charge in [-0.3, -0.25) is 24.3 Å². The minimum Gasteiger partial charge on any atom is -0.493 e. The first-order valence-electron chi connectivity index (χ1n) is 10.4.